The summed E-state index contributed by atoms with van der Waals surface area (Å²) in [4.78, 5) is 2.73. The molecule has 0 amide bonds. The molecule has 27 heavy (non-hydrogen) atoms. The predicted octanol–water partition coefficient (Wildman–Crippen LogP) is 4.19. The summed E-state index contributed by atoms with van der Waals surface area (Å²) in [7, 11) is -2.39. The second kappa shape index (κ2) is 7.54. The first-order chi connectivity index (χ1) is 13.0. The van der Waals surface area contributed by atoms with Gasteiger partial charge in [0.05, 0.1) is 6.61 Å². The molecule has 2 aromatic rings. The fourth-order valence-electron chi connectivity index (χ4n) is 5.36. The van der Waals surface area contributed by atoms with E-state index in [-0.39, 0.29) is 5.04 Å². The largest absolute Gasteiger partial charge is 0.406 e. The molecule has 2 aliphatic rings. The number of benzene rings is 2. The van der Waals surface area contributed by atoms with Gasteiger partial charge in [-0.15, -0.1) is 0 Å². The van der Waals surface area contributed by atoms with Crippen molar-refractivity contribution in [3.8, 4) is 0 Å². The predicted molar refractivity (Wildman–Crippen MR) is 116 cm³/mol. The lowest BCUT2D eigenvalue weighted by molar-refractivity contribution is 0.162. The summed E-state index contributed by atoms with van der Waals surface area (Å²) in [5.74, 6) is 0. The molecule has 2 aliphatic heterocycles. The minimum absolute atomic E-state index is 0.0682. The second-order valence-corrected chi connectivity index (χ2v) is 13.5. The number of fused-ring (bicyclic) bond motifs is 1. The topological polar surface area (TPSA) is 12.5 Å². The third-order valence-corrected chi connectivity index (χ3v) is 11.6. The highest BCUT2D eigenvalue weighted by Gasteiger charge is 2.51. The van der Waals surface area contributed by atoms with Gasteiger partial charge in [0.15, 0.2) is 0 Å². The lowest BCUT2D eigenvalue weighted by atomic mass is 10.1. The normalized spacial score (nSPS) is 23.5. The molecule has 2 aromatic carbocycles. The zero-order chi connectivity index (χ0) is 18.9. The Kier molecular flexibility index (Phi) is 5.28. The third kappa shape index (κ3) is 3.41. The van der Waals surface area contributed by atoms with Crippen molar-refractivity contribution in [3.63, 3.8) is 0 Å². The van der Waals surface area contributed by atoms with E-state index in [0.717, 1.165) is 12.6 Å². The summed E-state index contributed by atoms with van der Waals surface area (Å²) in [6.45, 7) is 9.23. The molecule has 3 heteroatoms. The molecule has 4 rings (SSSR count). The van der Waals surface area contributed by atoms with Crippen molar-refractivity contribution in [1.29, 1.82) is 0 Å². The fraction of sp³-hybridized carbons (Fsp3) is 0.500. The molecule has 0 aliphatic carbocycles. The molecule has 2 atom stereocenters. The monoisotopic (exact) mass is 379 g/mol. The average Bonchev–Trinajstić information content (AvgIpc) is 3.27. The molecule has 0 bridgehead atoms. The lowest BCUT2D eigenvalue weighted by Crippen LogP contribution is -2.67. The first kappa shape index (κ1) is 18.9. The number of hydrogen-bond acceptors (Lipinski definition) is 2. The van der Waals surface area contributed by atoms with Crippen LogP contribution < -0.4 is 10.4 Å². The van der Waals surface area contributed by atoms with Crippen molar-refractivity contribution < 1.29 is 4.43 Å². The Morgan fingerprint density at radius 3 is 2.04 bits per heavy atom. The first-order valence-corrected chi connectivity index (χ1v) is 12.4. The third-order valence-electron chi connectivity index (χ3n) is 6.63. The van der Waals surface area contributed by atoms with Crippen LogP contribution in [0.3, 0.4) is 0 Å². The highest BCUT2D eigenvalue weighted by Crippen LogP contribution is 2.38. The molecule has 2 fully saturated rings. The quantitative estimate of drug-likeness (QED) is 0.722. The van der Waals surface area contributed by atoms with Gasteiger partial charge >= 0.3 is 0 Å². The van der Waals surface area contributed by atoms with E-state index >= 15 is 0 Å². The molecule has 2 nitrogen and oxygen atoms in total. The van der Waals surface area contributed by atoms with Crippen LogP contribution in [0.5, 0.6) is 0 Å². The first-order valence-electron chi connectivity index (χ1n) is 10.5. The van der Waals surface area contributed by atoms with E-state index < -0.39 is 8.32 Å². The molecule has 0 unspecified atom stereocenters. The summed E-state index contributed by atoms with van der Waals surface area (Å²) < 4.78 is 7.16. The number of hydrogen-bond donors (Lipinski definition) is 0. The SMILES string of the molecule is CC(C)(C)[Si](OC[C@H]1CC[C@H]2CCCN21)(c1ccccc1)c1ccccc1. The van der Waals surface area contributed by atoms with Gasteiger partial charge < -0.3 is 4.43 Å². The van der Waals surface area contributed by atoms with Gasteiger partial charge in [-0.1, -0.05) is 81.4 Å². The summed E-state index contributed by atoms with van der Waals surface area (Å²) in [5.41, 5.74) is 0. The van der Waals surface area contributed by atoms with Crippen molar-refractivity contribution in [2.24, 2.45) is 0 Å². The average molecular weight is 380 g/mol. The van der Waals surface area contributed by atoms with Gasteiger partial charge in [-0.2, -0.15) is 0 Å². The van der Waals surface area contributed by atoms with Crippen molar-refractivity contribution in [2.45, 2.75) is 63.6 Å². The van der Waals surface area contributed by atoms with Crippen LogP contribution in [0, 0.1) is 0 Å². The van der Waals surface area contributed by atoms with Crippen LogP contribution in [0.2, 0.25) is 5.04 Å². The molecular weight excluding hydrogens is 346 g/mol. The molecule has 2 heterocycles. The Hall–Kier alpha value is -1.42. The molecule has 0 aromatic heterocycles. The molecular formula is C24H33NOSi. The maximum absolute atomic E-state index is 7.16. The molecule has 0 radical (unpaired) electrons. The Bertz CT molecular complexity index is 700. The molecule has 0 spiro atoms. The molecule has 0 saturated carbocycles. The summed E-state index contributed by atoms with van der Waals surface area (Å²) >= 11 is 0. The van der Waals surface area contributed by atoms with Crippen LogP contribution >= 0.6 is 0 Å². The van der Waals surface area contributed by atoms with E-state index in [4.69, 9.17) is 4.43 Å². The molecule has 144 valence electrons. The van der Waals surface area contributed by atoms with Gasteiger partial charge in [-0.05, 0) is 47.6 Å². The Balaban J connectivity index is 1.71. The van der Waals surface area contributed by atoms with Crippen molar-refractivity contribution in [3.05, 3.63) is 60.7 Å². The van der Waals surface area contributed by atoms with Crippen LogP contribution in [0.15, 0.2) is 60.7 Å². The maximum Gasteiger partial charge on any atom is 0.261 e. The fourth-order valence-corrected chi connectivity index (χ4v) is 9.96. The molecule has 0 N–H and O–H groups in total. The van der Waals surface area contributed by atoms with Crippen LogP contribution in [0.25, 0.3) is 0 Å². The van der Waals surface area contributed by atoms with E-state index in [0.29, 0.717) is 6.04 Å². The van der Waals surface area contributed by atoms with E-state index in [1.54, 1.807) is 0 Å². The van der Waals surface area contributed by atoms with Gasteiger partial charge in [0.25, 0.3) is 8.32 Å². The van der Waals surface area contributed by atoms with Crippen LogP contribution in [0.4, 0.5) is 0 Å². The summed E-state index contributed by atoms with van der Waals surface area (Å²) in [6.07, 6.45) is 5.40. The van der Waals surface area contributed by atoms with Gasteiger partial charge in [-0.25, -0.2) is 0 Å². The van der Waals surface area contributed by atoms with Crippen LogP contribution in [0.1, 0.15) is 46.5 Å². The van der Waals surface area contributed by atoms with Gasteiger partial charge in [0, 0.05) is 12.1 Å². The second-order valence-electron chi connectivity index (χ2n) is 9.24. The molecule has 2 saturated heterocycles. The maximum atomic E-state index is 7.16. The van der Waals surface area contributed by atoms with Gasteiger partial charge in [0.2, 0.25) is 0 Å². The summed E-state index contributed by atoms with van der Waals surface area (Å²) in [5, 5.41) is 2.85. The van der Waals surface area contributed by atoms with Crippen molar-refractivity contribution in [2.75, 3.05) is 13.2 Å². The van der Waals surface area contributed by atoms with Crippen LogP contribution in [-0.2, 0) is 4.43 Å². The zero-order valence-corrected chi connectivity index (χ0v) is 18.0. The highest BCUT2D eigenvalue weighted by molar-refractivity contribution is 6.99. The van der Waals surface area contributed by atoms with E-state index in [1.165, 1.54) is 42.6 Å². The van der Waals surface area contributed by atoms with Crippen LogP contribution in [-0.4, -0.2) is 38.5 Å². The van der Waals surface area contributed by atoms with Gasteiger partial charge in [0.1, 0.15) is 0 Å². The number of rotatable bonds is 5. The highest BCUT2D eigenvalue weighted by atomic mass is 28.4. The minimum atomic E-state index is -2.39. The standard InChI is InChI=1S/C24H33NOSi/c1-24(2,3)27(22-12-6-4-7-13-22,23-14-8-5-9-15-23)26-19-21-17-16-20-11-10-18-25(20)21/h4-9,12-15,20-21H,10-11,16-19H2,1-3H3/t20-,21-/m1/s1. The lowest BCUT2D eigenvalue weighted by Gasteiger charge is -2.44. The minimum Gasteiger partial charge on any atom is -0.406 e. The smallest absolute Gasteiger partial charge is 0.261 e. The Labute approximate surface area is 165 Å². The summed E-state index contributed by atoms with van der Waals surface area (Å²) in [6, 6.07) is 23.5. The Morgan fingerprint density at radius 2 is 1.48 bits per heavy atom. The van der Waals surface area contributed by atoms with E-state index in [9.17, 15) is 0 Å². The van der Waals surface area contributed by atoms with E-state index in [1.807, 2.05) is 0 Å². The zero-order valence-electron chi connectivity index (χ0n) is 17.0. The van der Waals surface area contributed by atoms with Gasteiger partial charge in [-0.3, -0.25) is 4.90 Å². The van der Waals surface area contributed by atoms with Crippen molar-refractivity contribution >= 4 is 18.7 Å². The van der Waals surface area contributed by atoms with Crippen molar-refractivity contribution in [1.82, 2.24) is 4.90 Å². The van der Waals surface area contributed by atoms with E-state index in [2.05, 4.69) is 86.3 Å². The number of nitrogens with zero attached hydrogens (tertiary/aromatic N) is 1. The Morgan fingerprint density at radius 1 is 0.889 bits per heavy atom.